The molecule has 0 radical (unpaired) electrons. The molecule has 0 saturated heterocycles. The van der Waals surface area contributed by atoms with E-state index in [1.807, 2.05) is 48.3 Å². The van der Waals surface area contributed by atoms with Crippen LogP contribution in [0.3, 0.4) is 0 Å². The molecule has 3 heteroatoms. The van der Waals surface area contributed by atoms with Crippen molar-refractivity contribution in [3.8, 4) is 6.07 Å². The van der Waals surface area contributed by atoms with Crippen LogP contribution in [0, 0.1) is 11.3 Å². The SMILES string of the molecule is CN(c1ccncc1)c1ccccc1C#N. The quantitative estimate of drug-likeness (QED) is 0.763. The average Bonchev–Trinajstić information content (AvgIpc) is 2.39. The molecule has 16 heavy (non-hydrogen) atoms. The zero-order valence-electron chi connectivity index (χ0n) is 8.96. The van der Waals surface area contributed by atoms with Gasteiger partial charge in [-0.3, -0.25) is 4.98 Å². The van der Waals surface area contributed by atoms with Crippen LogP contribution in [-0.2, 0) is 0 Å². The van der Waals surface area contributed by atoms with Gasteiger partial charge >= 0.3 is 0 Å². The molecule has 0 spiro atoms. The Morgan fingerprint density at radius 1 is 1.12 bits per heavy atom. The summed E-state index contributed by atoms with van der Waals surface area (Å²) in [6.07, 6.45) is 3.47. The van der Waals surface area contributed by atoms with E-state index < -0.39 is 0 Å². The Kier molecular flexibility index (Phi) is 2.84. The first-order valence-electron chi connectivity index (χ1n) is 4.96. The van der Waals surface area contributed by atoms with Crippen LogP contribution >= 0.6 is 0 Å². The van der Waals surface area contributed by atoms with Gasteiger partial charge < -0.3 is 4.90 Å². The lowest BCUT2D eigenvalue weighted by Crippen LogP contribution is -2.10. The molecule has 0 N–H and O–H groups in total. The van der Waals surface area contributed by atoms with Crippen molar-refractivity contribution in [2.45, 2.75) is 0 Å². The molecular formula is C13H11N3. The number of nitriles is 1. The van der Waals surface area contributed by atoms with Gasteiger partial charge in [-0.15, -0.1) is 0 Å². The van der Waals surface area contributed by atoms with Gasteiger partial charge in [0.2, 0.25) is 0 Å². The van der Waals surface area contributed by atoms with E-state index in [4.69, 9.17) is 5.26 Å². The van der Waals surface area contributed by atoms with Crippen molar-refractivity contribution >= 4 is 11.4 Å². The third-order valence-electron chi connectivity index (χ3n) is 2.44. The van der Waals surface area contributed by atoms with Gasteiger partial charge in [0.1, 0.15) is 6.07 Å². The molecule has 1 aromatic heterocycles. The van der Waals surface area contributed by atoms with Crippen molar-refractivity contribution in [2.75, 3.05) is 11.9 Å². The summed E-state index contributed by atoms with van der Waals surface area (Å²) in [6.45, 7) is 0. The highest BCUT2D eigenvalue weighted by atomic mass is 15.1. The lowest BCUT2D eigenvalue weighted by Gasteiger charge is -2.20. The first-order chi connectivity index (χ1) is 7.83. The summed E-state index contributed by atoms with van der Waals surface area (Å²) in [4.78, 5) is 5.94. The summed E-state index contributed by atoms with van der Waals surface area (Å²) in [5.41, 5.74) is 2.58. The number of anilines is 2. The minimum absolute atomic E-state index is 0.668. The second kappa shape index (κ2) is 4.45. The summed E-state index contributed by atoms with van der Waals surface area (Å²) < 4.78 is 0. The Morgan fingerprint density at radius 2 is 1.81 bits per heavy atom. The first-order valence-corrected chi connectivity index (χ1v) is 4.96. The summed E-state index contributed by atoms with van der Waals surface area (Å²) in [5.74, 6) is 0. The Bertz CT molecular complexity index is 514. The third-order valence-corrected chi connectivity index (χ3v) is 2.44. The van der Waals surface area contributed by atoms with Gasteiger partial charge in [0.05, 0.1) is 11.3 Å². The van der Waals surface area contributed by atoms with Crippen LogP contribution in [0.2, 0.25) is 0 Å². The van der Waals surface area contributed by atoms with E-state index in [1.54, 1.807) is 12.4 Å². The summed E-state index contributed by atoms with van der Waals surface area (Å²) in [7, 11) is 1.94. The van der Waals surface area contributed by atoms with E-state index in [2.05, 4.69) is 11.1 Å². The molecule has 1 aromatic carbocycles. The molecule has 2 aromatic rings. The van der Waals surface area contributed by atoms with E-state index in [-0.39, 0.29) is 0 Å². The molecule has 0 aliphatic heterocycles. The summed E-state index contributed by atoms with van der Waals surface area (Å²) in [6, 6.07) is 13.5. The van der Waals surface area contributed by atoms with Gasteiger partial charge in [-0.1, -0.05) is 12.1 Å². The Hall–Kier alpha value is -2.34. The van der Waals surface area contributed by atoms with E-state index in [9.17, 15) is 0 Å². The largest absolute Gasteiger partial charge is 0.343 e. The molecule has 2 rings (SSSR count). The number of pyridine rings is 1. The molecular weight excluding hydrogens is 198 g/mol. The predicted molar refractivity (Wildman–Crippen MR) is 63.5 cm³/mol. The van der Waals surface area contributed by atoms with E-state index >= 15 is 0 Å². The van der Waals surface area contributed by atoms with Crippen LogP contribution in [0.4, 0.5) is 11.4 Å². The van der Waals surface area contributed by atoms with Crippen molar-refractivity contribution in [2.24, 2.45) is 0 Å². The standard InChI is InChI=1S/C13H11N3/c1-16(12-6-8-15-9-7-12)13-5-3-2-4-11(13)10-14/h2-9H,1H3. The fourth-order valence-corrected chi connectivity index (χ4v) is 1.57. The number of rotatable bonds is 2. The van der Waals surface area contributed by atoms with Crippen molar-refractivity contribution in [1.29, 1.82) is 5.26 Å². The first kappa shape index (κ1) is 10.2. The zero-order valence-corrected chi connectivity index (χ0v) is 8.96. The number of nitrogens with zero attached hydrogens (tertiary/aromatic N) is 3. The second-order valence-corrected chi connectivity index (χ2v) is 3.39. The lowest BCUT2D eigenvalue weighted by atomic mass is 10.1. The van der Waals surface area contributed by atoms with Crippen molar-refractivity contribution in [1.82, 2.24) is 4.98 Å². The number of para-hydroxylation sites is 1. The molecule has 1 heterocycles. The minimum atomic E-state index is 0.668. The zero-order chi connectivity index (χ0) is 11.4. The fraction of sp³-hybridized carbons (Fsp3) is 0.0769. The number of aromatic nitrogens is 1. The maximum absolute atomic E-state index is 9.03. The Balaban J connectivity index is 2.42. The average molecular weight is 209 g/mol. The molecule has 3 nitrogen and oxygen atoms in total. The summed E-state index contributed by atoms with van der Waals surface area (Å²) >= 11 is 0. The van der Waals surface area contributed by atoms with Crippen molar-refractivity contribution < 1.29 is 0 Å². The van der Waals surface area contributed by atoms with Gasteiger partial charge in [0.25, 0.3) is 0 Å². The Morgan fingerprint density at radius 3 is 2.50 bits per heavy atom. The molecule has 0 amide bonds. The van der Waals surface area contributed by atoms with Crippen LogP contribution in [0.15, 0.2) is 48.8 Å². The smallest absolute Gasteiger partial charge is 0.101 e. The maximum atomic E-state index is 9.03. The maximum Gasteiger partial charge on any atom is 0.101 e. The minimum Gasteiger partial charge on any atom is -0.343 e. The Labute approximate surface area is 94.6 Å². The van der Waals surface area contributed by atoms with Gasteiger partial charge in [0, 0.05) is 25.1 Å². The van der Waals surface area contributed by atoms with Crippen molar-refractivity contribution in [3.63, 3.8) is 0 Å². The molecule has 0 unspecified atom stereocenters. The van der Waals surface area contributed by atoms with Crippen LogP contribution in [0.5, 0.6) is 0 Å². The second-order valence-electron chi connectivity index (χ2n) is 3.39. The third kappa shape index (κ3) is 1.86. The molecule has 78 valence electrons. The normalized spacial score (nSPS) is 9.50. The molecule has 0 fully saturated rings. The van der Waals surface area contributed by atoms with E-state index in [0.29, 0.717) is 5.56 Å². The number of hydrogen-bond acceptors (Lipinski definition) is 3. The van der Waals surface area contributed by atoms with Crippen LogP contribution in [-0.4, -0.2) is 12.0 Å². The molecule has 0 aliphatic rings. The highest BCUT2D eigenvalue weighted by Crippen LogP contribution is 2.25. The van der Waals surface area contributed by atoms with E-state index in [0.717, 1.165) is 11.4 Å². The van der Waals surface area contributed by atoms with Crippen molar-refractivity contribution in [3.05, 3.63) is 54.4 Å². The van der Waals surface area contributed by atoms with E-state index in [1.165, 1.54) is 0 Å². The van der Waals surface area contributed by atoms with Gasteiger partial charge in [-0.05, 0) is 24.3 Å². The number of hydrogen-bond donors (Lipinski definition) is 0. The molecule has 0 bridgehead atoms. The van der Waals surface area contributed by atoms with Gasteiger partial charge in [0.15, 0.2) is 0 Å². The lowest BCUT2D eigenvalue weighted by molar-refractivity contribution is 1.18. The fourth-order valence-electron chi connectivity index (χ4n) is 1.57. The topological polar surface area (TPSA) is 39.9 Å². The summed E-state index contributed by atoms with van der Waals surface area (Å²) in [5, 5.41) is 9.03. The highest BCUT2D eigenvalue weighted by Gasteiger charge is 2.07. The highest BCUT2D eigenvalue weighted by molar-refractivity contribution is 5.68. The number of benzene rings is 1. The monoisotopic (exact) mass is 209 g/mol. The molecule has 0 aliphatic carbocycles. The molecule has 0 atom stereocenters. The van der Waals surface area contributed by atoms with Gasteiger partial charge in [-0.25, -0.2) is 0 Å². The van der Waals surface area contributed by atoms with Crippen LogP contribution in [0.25, 0.3) is 0 Å². The molecule has 0 saturated carbocycles. The predicted octanol–water partition coefficient (Wildman–Crippen LogP) is 2.72. The van der Waals surface area contributed by atoms with Gasteiger partial charge in [-0.2, -0.15) is 5.26 Å². The van der Waals surface area contributed by atoms with Crippen LogP contribution < -0.4 is 4.90 Å². The van der Waals surface area contributed by atoms with Crippen LogP contribution in [0.1, 0.15) is 5.56 Å².